The molecular weight excluding hydrogens is 314 g/mol. The molecule has 8 heteroatoms. The summed E-state index contributed by atoms with van der Waals surface area (Å²) in [5, 5.41) is 21.2. The molecule has 23 heavy (non-hydrogen) atoms. The maximum atomic E-state index is 12.4. The largest absolute Gasteiger partial charge is 0.371 e. The third-order valence-electron chi connectivity index (χ3n) is 4.29. The Labute approximate surface area is 139 Å². The third kappa shape index (κ3) is 4.25. The van der Waals surface area contributed by atoms with E-state index in [9.17, 15) is 4.79 Å². The van der Waals surface area contributed by atoms with Crippen molar-refractivity contribution < 1.29 is 9.53 Å². The smallest absolute Gasteiger partial charge is 0.230 e. The number of nitriles is 1. The lowest BCUT2D eigenvalue weighted by Crippen LogP contribution is -2.41. The molecule has 0 spiro atoms. The SMILES string of the molecule is N#CCCN1CCCC(C(=O)Nc2nnc(C3CCCO3)s2)C1. The molecule has 1 aromatic rings. The second-order valence-electron chi connectivity index (χ2n) is 5.98. The van der Waals surface area contributed by atoms with Crippen LogP contribution < -0.4 is 5.32 Å². The summed E-state index contributed by atoms with van der Waals surface area (Å²) in [4.78, 5) is 14.6. The molecule has 1 aromatic heterocycles. The first kappa shape index (κ1) is 16.3. The lowest BCUT2D eigenvalue weighted by molar-refractivity contribution is -0.121. The summed E-state index contributed by atoms with van der Waals surface area (Å²) in [6, 6.07) is 2.16. The van der Waals surface area contributed by atoms with Gasteiger partial charge in [0.25, 0.3) is 0 Å². The lowest BCUT2D eigenvalue weighted by atomic mass is 9.97. The van der Waals surface area contributed by atoms with Gasteiger partial charge in [-0.3, -0.25) is 4.79 Å². The number of carbonyl (C=O) groups is 1. The number of likely N-dealkylation sites (tertiary alicyclic amines) is 1. The van der Waals surface area contributed by atoms with E-state index in [1.54, 1.807) is 0 Å². The topological polar surface area (TPSA) is 91.1 Å². The van der Waals surface area contributed by atoms with Crippen molar-refractivity contribution in [2.45, 2.75) is 38.2 Å². The Morgan fingerprint density at radius 1 is 1.43 bits per heavy atom. The van der Waals surface area contributed by atoms with E-state index in [-0.39, 0.29) is 17.9 Å². The van der Waals surface area contributed by atoms with Gasteiger partial charge in [0.2, 0.25) is 11.0 Å². The standard InChI is InChI=1S/C15H21N5O2S/c16-6-3-8-20-7-1-4-11(10-20)13(21)17-15-19-18-14(23-15)12-5-2-9-22-12/h11-12H,1-5,7-10H2,(H,17,19,21). The molecule has 0 saturated carbocycles. The van der Waals surface area contributed by atoms with Gasteiger partial charge in [0.05, 0.1) is 12.0 Å². The van der Waals surface area contributed by atoms with Crippen LogP contribution in [0.25, 0.3) is 0 Å². The Balaban J connectivity index is 1.53. The van der Waals surface area contributed by atoms with Crippen LogP contribution in [0.2, 0.25) is 0 Å². The molecule has 0 aromatic carbocycles. The summed E-state index contributed by atoms with van der Waals surface area (Å²) in [7, 11) is 0. The van der Waals surface area contributed by atoms with Crippen LogP contribution in [0.3, 0.4) is 0 Å². The number of piperidine rings is 1. The van der Waals surface area contributed by atoms with Crippen molar-refractivity contribution in [1.29, 1.82) is 5.26 Å². The van der Waals surface area contributed by atoms with Gasteiger partial charge >= 0.3 is 0 Å². The number of rotatable bonds is 5. The highest BCUT2D eigenvalue weighted by atomic mass is 32.1. The molecule has 0 bridgehead atoms. The maximum absolute atomic E-state index is 12.4. The van der Waals surface area contributed by atoms with Crippen molar-refractivity contribution in [1.82, 2.24) is 15.1 Å². The van der Waals surface area contributed by atoms with Crippen LogP contribution in [0.5, 0.6) is 0 Å². The number of hydrogen-bond acceptors (Lipinski definition) is 7. The van der Waals surface area contributed by atoms with Crippen LogP contribution in [-0.2, 0) is 9.53 Å². The average molecular weight is 335 g/mol. The first-order valence-corrected chi connectivity index (χ1v) is 8.93. The number of amides is 1. The van der Waals surface area contributed by atoms with Crippen molar-refractivity contribution in [3.05, 3.63) is 5.01 Å². The van der Waals surface area contributed by atoms with E-state index in [0.717, 1.165) is 50.4 Å². The Morgan fingerprint density at radius 3 is 3.13 bits per heavy atom. The van der Waals surface area contributed by atoms with Crippen LogP contribution in [0.4, 0.5) is 5.13 Å². The highest BCUT2D eigenvalue weighted by Crippen LogP contribution is 2.32. The molecule has 3 rings (SSSR count). The zero-order chi connectivity index (χ0) is 16.1. The van der Waals surface area contributed by atoms with Gasteiger partial charge in [-0.15, -0.1) is 10.2 Å². The summed E-state index contributed by atoms with van der Waals surface area (Å²) < 4.78 is 5.59. The first-order valence-electron chi connectivity index (χ1n) is 8.11. The number of nitrogens with one attached hydrogen (secondary N) is 1. The fourth-order valence-electron chi connectivity index (χ4n) is 3.08. The second kappa shape index (κ2) is 7.81. The van der Waals surface area contributed by atoms with Crippen molar-refractivity contribution in [3.63, 3.8) is 0 Å². The van der Waals surface area contributed by atoms with E-state index in [1.807, 2.05) is 0 Å². The fraction of sp³-hybridized carbons (Fsp3) is 0.733. The molecule has 2 fully saturated rings. The molecule has 2 aliphatic heterocycles. The van der Waals surface area contributed by atoms with Gasteiger partial charge < -0.3 is 15.0 Å². The van der Waals surface area contributed by atoms with Gasteiger partial charge in [-0.1, -0.05) is 11.3 Å². The monoisotopic (exact) mass is 335 g/mol. The number of ether oxygens (including phenoxy) is 1. The predicted molar refractivity (Wildman–Crippen MR) is 85.9 cm³/mol. The van der Waals surface area contributed by atoms with Crippen LogP contribution in [-0.4, -0.2) is 47.2 Å². The van der Waals surface area contributed by atoms with Crippen LogP contribution in [0.15, 0.2) is 0 Å². The van der Waals surface area contributed by atoms with Crippen molar-refractivity contribution in [3.8, 4) is 6.07 Å². The molecule has 2 atom stereocenters. The van der Waals surface area contributed by atoms with Crippen LogP contribution in [0, 0.1) is 17.2 Å². The van der Waals surface area contributed by atoms with Gasteiger partial charge in [0.15, 0.2) is 0 Å². The fourth-order valence-corrected chi connectivity index (χ4v) is 3.91. The molecule has 2 unspecified atom stereocenters. The summed E-state index contributed by atoms with van der Waals surface area (Å²) in [5.41, 5.74) is 0. The molecule has 7 nitrogen and oxygen atoms in total. The van der Waals surface area contributed by atoms with E-state index in [0.29, 0.717) is 18.1 Å². The highest BCUT2D eigenvalue weighted by molar-refractivity contribution is 7.15. The van der Waals surface area contributed by atoms with Gasteiger partial charge in [-0.2, -0.15) is 5.26 Å². The molecule has 1 N–H and O–H groups in total. The normalized spacial score (nSPS) is 25.2. The lowest BCUT2D eigenvalue weighted by Gasteiger charge is -2.31. The number of hydrogen-bond donors (Lipinski definition) is 1. The number of aromatic nitrogens is 2. The van der Waals surface area contributed by atoms with Crippen molar-refractivity contribution in [2.24, 2.45) is 5.92 Å². The quantitative estimate of drug-likeness (QED) is 0.884. The number of carbonyl (C=O) groups excluding carboxylic acids is 1. The molecule has 0 radical (unpaired) electrons. The summed E-state index contributed by atoms with van der Waals surface area (Å²) in [6.07, 6.45) is 4.43. The number of anilines is 1. The summed E-state index contributed by atoms with van der Waals surface area (Å²) in [5.74, 6) is -0.0424. The van der Waals surface area contributed by atoms with Crippen LogP contribution >= 0.6 is 11.3 Å². The van der Waals surface area contributed by atoms with Crippen molar-refractivity contribution >= 4 is 22.4 Å². The van der Waals surface area contributed by atoms with E-state index in [2.05, 4.69) is 26.5 Å². The minimum Gasteiger partial charge on any atom is -0.371 e. The van der Waals surface area contributed by atoms with Crippen LogP contribution in [0.1, 0.15) is 43.2 Å². The zero-order valence-electron chi connectivity index (χ0n) is 13.0. The minimum atomic E-state index is -0.0440. The zero-order valence-corrected chi connectivity index (χ0v) is 13.8. The summed E-state index contributed by atoms with van der Waals surface area (Å²) >= 11 is 1.40. The third-order valence-corrected chi connectivity index (χ3v) is 5.22. The van der Waals surface area contributed by atoms with E-state index in [1.165, 1.54) is 11.3 Å². The second-order valence-corrected chi connectivity index (χ2v) is 6.99. The van der Waals surface area contributed by atoms with E-state index >= 15 is 0 Å². The Hall–Kier alpha value is -1.56. The van der Waals surface area contributed by atoms with E-state index in [4.69, 9.17) is 10.00 Å². The Bertz CT molecular complexity index is 579. The van der Waals surface area contributed by atoms with Gasteiger partial charge in [0, 0.05) is 26.1 Å². The molecule has 1 amide bonds. The van der Waals surface area contributed by atoms with E-state index < -0.39 is 0 Å². The highest BCUT2D eigenvalue weighted by Gasteiger charge is 2.27. The predicted octanol–water partition coefficient (Wildman–Crippen LogP) is 1.95. The molecule has 2 saturated heterocycles. The first-order chi connectivity index (χ1) is 11.3. The minimum absolute atomic E-state index is 0.00157. The molecular formula is C15H21N5O2S. The van der Waals surface area contributed by atoms with Crippen molar-refractivity contribution in [2.75, 3.05) is 31.6 Å². The Kier molecular flexibility index (Phi) is 5.54. The maximum Gasteiger partial charge on any atom is 0.230 e. The van der Waals surface area contributed by atoms with Gasteiger partial charge in [0.1, 0.15) is 11.1 Å². The summed E-state index contributed by atoms with van der Waals surface area (Å²) in [6.45, 7) is 3.19. The Morgan fingerprint density at radius 2 is 2.35 bits per heavy atom. The molecule has 2 aliphatic rings. The van der Waals surface area contributed by atoms with Gasteiger partial charge in [-0.25, -0.2) is 0 Å². The average Bonchev–Trinajstić information content (AvgIpc) is 3.24. The molecule has 3 heterocycles. The van der Waals surface area contributed by atoms with Gasteiger partial charge in [-0.05, 0) is 32.2 Å². The molecule has 124 valence electrons. The molecule has 0 aliphatic carbocycles. The number of nitrogens with zero attached hydrogens (tertiary/aromatic N) is 4.